The molecule has 0 aliphatic carbocycles. The van der Waals surface area contributed by atoms with E-state index in [9.17, 15) is 14.4 Å². The van der Waals surface area contributed by atoms with E-state index in [2.05, 4.69) is 13.2 Å². The van der Waals surface area contributed by atoms with Crippen molar-refractivity contribution in [1.29, 1.82) is 0 Å². The van der Waals surface area contributed by atoms with Gasteiger partial charge in [-0.05, 0) is 37.1 Å². The Labute approximate surface area is 187 Å². The minimum absolute atomic E-state index is 0.173. The zero-order chi connectivity index (χ0) is 23.5. The Hall–Kier alpha value is -3.93. The molecule has 0 radical (unpaired) electrons. The van der Waals surface area contributed by atoms with Gasteiger partial charge < -0.3 is 14.2 Å². The highest BCUT2D eigenvalue weighted by Crippen LogP contribution is 2.11. The van der Waals surface area contributed by atoms with E-state index in [-0.39, 0.29) is 24.4 Å². The van der Waals surface area contributed by atoms with Gasteiger partial charge in [0.15, 0.2) is 6.10 Å². The van der Waals surface area contributed by atoms with E-state index in [0.717, 1.165) is 11.1 Å². The molecule has 0 saturated carbocycles. The highest BCUT2D eigenvalue weighted by Gasteiger charge is 2.20. The highest BCUT2D eigenvalue weighted by atomic mass is 16.6. The van der Waals surface area contributed by atoms with Gasteiger partial charge in [0, 0.05) is 11.1 Å². The summed E-state index contributed by atoms with van der Waals surface area (Å²) in [4.78, 5) is 35.8. The number of rotatable bonds is 10. The van der Waals surface area contributed by atoms with Crippen LogP contribution in [0.3, 0.4) is 0 Å². The first kappa shape index (κ1) is 24.3. The van der Waals surface area contributed by atoms with Crippen LogP contribution in [0, 0.1) is 0 Å². The molecular formula is C26H26O6. The maximum atomic E-state index is 12.4. The molecule has 0 aromatic heterocycles. The van der Waals surface area contributed by atoms with Crippen LogP contribution < -0.4 is 0 Å². The Bertz CT molecular complexity index is 1000. The summed E-state index contributed by atoms with van der Waals surface area (Å²) in [6.07, 6.45) is 2.94. The van der Waals surface area contributed by atoms with Crippen molar-refractivity contribution in [2.75, 3.05) is 13.2 Å². The molecule has 2 aromatic rings. The molecule has 0 fully saturated rings. The quantitative estimate of drug-likeness (QED) is 0.235. The van der Waals surface area contributed by atoms with Gasteiger partial charge >= 0.3 is 17.9 Å². The average Bonchev–Trinajstić information content (AvgIpc) is 2.79. The van der Waals surface area contributed by atoms with Gasteiger partial charge in [-0.25, -0.2) is 14.4 Å². The summed E-state index contributed by atoms with van der Waals surface area (Å²) in [5.41, 5.74) is 2.70. The molecule has 0 amide bonds. The Morgan fingerprint density at radius 2 is 1.31 bits per heavy atom. The van der Waals surface area contributed by atoms with E-state index in [1.165, 1.54) is 13.8 Å². The Balaban J connectivity index is 1.96. The zero-order valence-electron chi connectivity index (χ0n) is 18.2. The fraction of sp³-hybridized carbons (Fsp3) is 0.192. The second kappa shape index (κ2) is 12.1. The molecule has 6 heteroatoms. The van der Waals surface area contributed by atoms with Gasteiger partial charge in [-0.2, -0.15) is 0 Å². The minimum Gasteiger partial charge on any atom is -0.458 e. The second-order valence-electron chi connectivity index (χ2n) is 7.15. The first-order valence-corrected chi connectivity index (χ1v) is 9.95. The van der Waals surface area contributed by atoms with Crippen molar-refractivity contribution in [3.05, 3.63) is 95.6 Å². The maximum absolute atomic E-state index is 12.4. The lowest BCUT2D eigenvalue weighted by Gasteiger charge is -2.18. The lowest BCUT2D eigenvalue weighted by atomic mass is 10.1. The second-order valence-corrected chi connectivity index (χ2v) is 7.15. The van der Waals surface area contributed by atoms with E-state index in [1.807, 2.05) is 42.5 Å². The molecule has 6 nitrogen and oxygen atoms in total. The van der Waals surface area contributed by atoms with Crippen molar-refractivity contribution in [3.63, 3.8) is 0 Å². The van der Waals surface area contributed by atoms with Crippen molar-refractivity contribution in [1.82, 2.24) is 0 Å². The summed E-state index contributed by atoms with van der Waals surface area (Å²) >= 11 is 0. The summed E-state index contributed by atoms with van der Waals surface area (Å²) in [5, 5.41) is 0. The van der Waals surface area contributed by atoms with Gasteiger partial charge in [0.2, 0.25) is 0 Å². The zero-order valence-corrected chi connectivity index (χ0v) is 18.2. The number of carbonyl (C=O) groups excluding carboxylic acids is 3. The molecule has 2 aromatic carbocycles. The van der Waals surface area contributed by atoms with Crippen LogP contribution in [-0.4, -0.2) is 37.2 Å². The summed E-state index contributed by atoms with van der Waals surface area (Å²) < 4.78 is 15.5. The third-order valence-corrected chi connectivity index (χ3v) is 4.19. The van der Waals surface area contributed by atoms with Crippen LogP contribution in [0.1, 0.15) is 35.3 Å². The third-order valence-electron chi connectivity index (χ3n) is 4.19. The molecule has 0 saturated heterocycles. The summed E-state index contributed by atoms with van der Waals surface area (Å²) in [7, 11) is 0. The fourth-order valence-corrected chi connectivity index (χ4v) is 2.40. The van der Waals surface area contributed by atoms with Crippen LogP contribution >= 0.6 is 0 Å². The van der Waals surface area contributed by atoms with Crippen LogP contribution in [0.25, 0.3) is 12.2 Å². The maximum Gasteiger partial charge on any atom is 0.338 e. The fourth-order valence-electron chi connectivity index (χ4n) is 2.40. The van der Waals surface area contributed by atoms with Crippen LogP contribution in [-0.2, 0) is 23.8 Å². The van der Waals surface area contributed by atoms with E-state index >= 15 is 0 Å². The SMILES string of the molecule is C=C(C)C(=O)OCC(COC(=O)c1ccc(/C=C/c2ccccc2)cc1)OC(=O)C(=C)C. The van der Waals surface area contributed by atoms with E-state index in [0.29, 0.717) is 5.56 Å². The Kier molecular flexibility index (Phi) is 9.17. The number of hydrogen-bond acceptors (Lipinski definition) is 6. The molecule has 1 unspecified atom stereocenters. The molecular weight excluding hydrogens is 408 g/mol. The monoisotopic (exact) mass is 434 g/mol. The van der Waals surface area contributed by atoms with Crippen LogP contribution in [0.2, 0.25) is 0 Å². The van der Waals surface area contributed by atoms with E-state index in [4.69, 9.17) is 14.2 Å². The molecule has 0 N–H and O–H groups in total. The van der Waals surface area contributed by atoms with Gasteiger partial charge in [-0.3, -0.25) is 0 Å². The molecule has 0 aliphatic heterocycles. The number of ether oxygens (including phenoxy) is 3. The number of benzene rings is 2. The van der Waals surface area contributed by atoms with Gasteiger partial charge in [-0.15, -0.1) is 0 Å². The molecule has 32 heavy (non-hydrogen) atoms. The molecule has 0 heterocycles. The standard InChI is InChI=1S/C26H26O6/c1-18(2)24(27)30-16-23(32-25(28)19(3)4)17-31-26(29)22-14-12-21(13-15-22)11-10-20-8-6-5-7-9-20/h5-15,23H,1,3,16-17H2,2,4H3/b11-10+. The highest BCUT2D eigenvalue weighted by molar-refractivity contribution is 5.90. The predicted molar refractivity (Wildman–Crippen MR) is 123 cm³/mol. The van der Waals surface area contributed by atoms with Gasteiger partial charge in [-0.1, -0.05) is 67.8 Å². The minimum atomic E-state index is -0.973. The predicted octanol–water partition coefficient (Wildman–Crippen LogP) is 4.62. The Morgan fingerprint density at radius 3 is 1.88 bits per heavy atom. The van der Waals surface area contributed by atoms with Crippen LogP contribution in [0.4, 0.5) is 0 Å². The summed E-state index contributed by atoms with van der Waals surface area (Å²) in [6, 6.07) is 16.7. The Morgan fingerprint density at radius 1 is 0.781 bits per heavy atom. The lowest BCUT2D eigenvalue weighted by molar-refractivity contribution is -0.156. The molecule has 0 spiro atoms. The van der Waals surface area contributed by atoms with Gasteiger partial charge in [0.1, 0.15) is 13.2 Å². The van der Waals surface area contributed by atoms with E-state index in [1.54, 1.807) is 24.3 Å². The molecule has 1 atom stereocenters. The normalized spacial score (nSPS) is 11.4. The molecule has 2 rings (SSSR count). The third kappa shape index (κ3) is 8.07. The number of esters is 3. The first-order chi connectivity index (χ1) is 15.3. The van der Waals surface area contributed by atoms with Crippen molar-refractivity contribution in [3.8, 4) is 0 Å². The largest absolute Gasteiger partial charge is 0.458 e. The molecule has 166 valence electrons. The first-order valence-electron chi connectivity index (χ1n) is 9.95. The smallest absolute Gasteiger partial charge is 0.338 e. The van der Waals surface area contributed by atoms with E-state index < -0.39 is 24.0 Å². The van der Waals surface area contributed by atoms with Gasteiger partial charge in [0.25, 0.3) is 0 Å². The number of hydrogen-bond donors (Lipinski definition) is 0. The van der Waals surface area contributed by atoms with Crippen molar-refractivity contribution >= 4 is 30.1 Å². The summed E-state index contributed by atoms with van der Waals surface area (Å²) in [6.45, 7) is 9.42. The molecule has 0 aliphatic rings. The van der Waals surface area contributed by atoms with Gasteiger partial charge in [0.05, 0.1) is 5.56 Å². The van der Waals surface area contributed by atoms with Crippen molar-refractivity contribution < 1.29 is 28.6 Å². The molecule has 0 bridgehead atoms. The average molecular weight is 434 g/mol. The van der Waals surface area contributed by atoms with Crippen molar-refractivity contribution in [2.24, 2.45) is 0 Å². The number of carbonyl (C=O) groups is 3. The lowest BCUT2D eigenvalue weighted by Crippen LogP contribution is -2.31. The van der Waals surface area contributed by atoms with Crippen LogP contribution in [0.5, 0.6) is 0 Å². The van der Waals surface area contributed by atoms with Crippen molar-refractivity contribution in [2.45, 2.75) is 20.0 Å². The topological polar surface area (TPSA) is 78.9 Å². The summed E-state index contributed by atoms with van der Waals surface area (Å²) in [5.74, 6) is -1.90. The van der Waals surface area contributed by atoms with Crippen LogP contribution in [0.15, 0.2) is 78.9 Å².